The van der Waals surface area contributed by atoms with Crippen molar-refractivity contribution >= 4 is 11.6 Å². The first kappa shape index (κ1) is 11.5. The Morgan fingerprint density at radius 1 is 1.41 bits per heavy atom. The number of carbonyl (C=O) groups is 1. The maximum Gasteiger partial charge on any atom is 0.269 e. The lowest BCUT2D eigenvalue weighted by Crippen LogP contribution is -2.57. The van der Waals surface area contributed by atoms with Gasteiger partial charge in [-0.05, 0) is 5.56 Å². The number of amides is 1. The van der Waals surface area contributed by atoms with E-state index in [1.807, 2.05) is 0 Å². The number of rotatable bonds is 4. The molecule has 0 bridgehead atoms. The average Bonchev–Trinajstić information content (AvgIpc) is 2.24. The van der Waals surface area contributed by atoms with Crippen molar-refractivity contribution in [1.82, 2.24) is 10.6 Å². The van der Waals surface area contributed by atoms with E-state index in [0.29, 0.717) is 0 Å². The largest absolute Gasteiger partial charge is 0.351 e. The molecule has 90 valence electrons. The van der Waals surface area contributed by atoms with E-state index in [-0.39, 0.29) is 24.1 Å². The standard InChI is InChI=1S/C11H13N3O3/c15-11(13-9-6-12-7-9)5-8-1-3-10(4-2-8)14(16)17/h1-4,9,12H,5-7H2,(H,13,15). The Morgan fingerprint density at radius 3 is 2.53 bits per heavy atom. The van der Waals surface area contributed by atoms with E-state index < -0.39 is 4.92 Å². The van der Waals surface area contributed by atoms with Crippen LogP contribution in [-0.4, -0.2) is 30.0 Å². The molecular formula is C11H13N3O3. The molecule has 0 radical (unpaired) electrons. The summed E-state index contributed by atoms with van der Waals surface area (Å²) in [7, 11) is 0. The Balaban J connectivity index is 1.89. The fraction of sp³-hybridized carbons (Fsp3) is 0.364. The Morgan fingerprint density at radius 2 is 2.06 bits per heavy atom. The van der Waals surface area contributed by atoms with Crippen molar-refractivity contribution in [3.8, 4) is 0 Å². The summed E-state index contributed by atoms with van der Waals surface area (Å²) in [6, 6.07) is 6.26. The molecule has 1 aliphatic rings. The highest BCUT2D eigenvalue weighted by molar-refractivity contribution is 5.79. The quantitative estimate of drug-likeness (QED) is 0.577. The molecule has 1 aromatic carbocycles. The third-order valence-electron chi connectivity index (χ3n) is 2.66. The summed E-state index contributed by atoms with van der Waals surface area (Å²) in [5, 5.41) is 16.4. The van der Waals surface area contributed by atoms with Crippen LogP contribution in [0.3, 0.4) is 0 Å². The van der Waals surface area contributed by atoms with Crippen LogP contribution in [0.4, 0.5) is 5.69 Å². The lowest BCUT2D eigenvalue weighted by molar-refractivity contribution is -0.384. The van der Waals surface area contributed by atoms with E-state index in [4.69, 9.17) is 0 Å². The number of benzene rings is 1. The lowest BCUT2D eigenvalue weighted by Gasteiger charge is -2.27. The summed E-state index contributed by atoms with van der Waals surface area (Å²) < 4.78 is 0. The van der Waals surface area contributed by atoms with Crippen molar-refractivity contribution < 1.29 is 9.72 Å². The van der Waals surface area contributed by atoms with Gasteiger partial charge in [0.25, 0.3) is 5.69 Å². The number of nitrogens with zero attached hydrogens (tertiary/aromatic N) is 1. The molecular weight excluding hydrogens is 222 g/mol. The van der Waals surface area contributed by atoms with Crippen molar-refractivity contribution in [3.63, 3.8) is 0 Å². The molecule has 0 atom stereocenters. The van der Waals surface area contributed by atoms with Crippen LogP contribution in [0.5, 0.6) is 0 Å². The van der Waals surface area contributed by atoms with Crippen LogP contribution in [0.2, 0.25) is 0 Å². The fourth-order valence-electron chi connectivity index (χ4n) is 1.59. The normalized spacial score (nSPS) is 15.1. The molecule has 6 heteroatoms. The third kappa shape index (κ3) is 3.01. The van der Waals surface area contributed by atoms with E-state index in [9.17, 15) is 14.9 Å². The van der Waals surface area contributed by atoms with Crippen molar-refractivity contribution in [2.75, 3.05) is 13.1 Å². The maximum absolute atomic E-state index is 11.6. The van der Waals surface area contributed by atoms with Crippen LogP contribution in [0.15, 0.2) is 24.3 Å². The fourth-order valence-corrected chi connectivity index (χ4v) is 1.59. The lowest BCUT2D eigenvalue weighted by atomic mass is 10.1. The van der Waals surface area contributed by atoms with Crippen molar-refractivity contribution in [2.24, 2.45) is 0 Å². The topological polar surface area (TPSA) is 84.3 Å². The second-order valence-corrected chi connectivity index (χ2v) is 4.02. The minimum absolute atomic E-state index is 0.0392. The van der Waals surface area contributed by atoms with Gasteiger partial charge in [0.15, 0.2) is 0 Å². The van der Waals surface area contributed by atoms with Gasteiger partial charge in [0.1, 0.15) is 0 Å². The molecule has 1 aliphatic heterocycles. The molecule has 17 heavy (non-hydrogen) atoms. The Labute approximate surface area is 98.2 Å². The Bertz CT molecular complexity index is 426. The van der Waals surface area contributed by atoms with E-state index in [1.165, 1.54) is 12.1 Å². The van der Waals surface area contributed by atoms with Gasteiger partial charge in [-0.15, -0.1) is 0 Å². The molecule has 0 aliphatic carbocycles. The van der Waals surface area contributed by atoms with Gasteiger partial charge in [-0.1, -0.05) is 12.1 Å². The van der Waals surface area contributed by atoms with E-state index in [0.717, 1.165) is 18.7 Å². The van der Waals surface area contributed by atoms with Crippen molar-refractivity contribution in [1.29, 1.82) is 0 Å². The van der Waals surface area contributed by atoms with E-state index >= 15 is 0 Å². The first-order valence-corrected chi connectivity index (χ1v) is 5.38. The molecule has 0 spiro atoms. The highest BCUT2D eigenvalue weighted by atomic mass is 16.6. The predicted molar refractivity (Wildman–Crippen MR) is 61.6 cm³/mol. The van der Waals surface area contributed by atoms with Gasteiger partial charge < -0.3 is 10.6 Å². The van der Waals surface area contributed by atoms with Gasteiger partial charge in [0.2, 0.25) is 5.91 Å². The van der Waals surface area contributed by atoms with Gasteiger partial charge in [-0.25, -0.2) is 0 Å². The zero-order chi connectivity index (χ0) is 12.3. The zero-order valence-corrected chi connectivity index (χ0v) is 9.18. The molecule has 0 unspecified atom stereocenters. The molecule has 1 amide bonds. The first-order chi connectivity index (χ1) is 8.15. The highest BCUT2D eigenvalue weighted by Gasteiger charge is 2.18. The number of nitro benzene ring substituents is 1. The van der Waals surface area contributed by atoms with E-state index in [1.54, 1.807) is 12.1 Å². The smallest absolute Gasteiger partial charge is 0.269 e. The van der Waals surface area contributed by atoms with Gasteiger partial charge in [-0.3, -0.25) is 14.9 Å². The molecule has 1 heterocycles. The van der Waals surface area contributed by atoms with Crippen LogP contribution < -0.4 is 10.6 Å². The Kier molecular flexibility index (Phi) is 3.34. The van der Waals surface area contributed by atoms with Gasteiger partial charge >= 0.3 is 0 Å². The molecule has 2 N–H and O–H groups in total. The molecule has 0 saturated carbocycles. The van der Waals surface area contributed by atoms with Gasteiger partial charge in [0, 0.05) is 25.2 Å². The molecule has 0 aromatic heterocycles. The van der Waals surface area contributed by atoms with Crippen molar-refractivity contribution in [2.45, 2.75) is 12.5 Å². The first-order valence-electron chi connectivity index (χ1n) is 5.38. The van der Waals surface area contributed by atoms with Crippen LogP contribution in [-0.2, 0) is 11.2 Å². The van der Waals surface area contributed by atoms with E-state index in [2.05, 4.69) is 10.6 Å². The number of nitro groups is 1. The summed E-state index contributed by atoms with van der Waals surface area (Å²) >= 11 is 0. The number of hydrogen-bond acceptors (Lipinski definition) is 4. The Hall–Kier alpha value is -1.95. The van der Waals surface area contributed by atoms with Crippen LogP contribution in [0.25, 0.3) is 0 Å². The predicted octanol–water partition coefficient (Wildman–Crippen LogP) is 0.225. The number of carbonyl (C=O) groups excluding carboxylic acids is 1. The average molecular weight is 235 g/mol. The zero-order valence-electron chi connectivity index (χ0n) is 9.18. The number of non-ortho nitro benzene ring substituents is 1. The monoisotopic (exact) mass is 235 g/mol. The van der Waals surface area contributed by atoms with Crippen LogP contribution >= 0.6 is 0 Å². The number of nitrogens with one attached hydrogen (secondary N) is 2. The summed E-state index contributed by atoms with van der Waals surface area (Å²) in [5.74, 6) is -0.0506. The summed E-state index contributed by atoms with van der Waals surface area (Å²) in [5.41, 5.74) is 0.817. The number of hydrogen-bond donors (Lipinski definition) is 2. The maximum atomic E-state index is 11.6. The van der Waals surface area contributed by atoms with Gasteiger partial charge in [0.05, 0.1) is 17.4 Å². The van der Waals surface area contributed by atoms with Crippen LogP contribution in [0.1, 0.15) is 5.56 Å². The minimum atomic E-state index is -0.454. The molecule has 1 aromatic rings. The van der Waals surface area contributed by atoms with Crippen molar-refractivity contribution in [3.05, 3.63) is 39.9 Å². The van der Waals surface area contributed by atoms with Crippen LogP contribution in [0, 0.1) is 10.1 Å². The summed E-state index contributed by atoms with van der Waals surface area (Å²) in [6.45, 7) is 1.62. The second kappa shape index (κ2) is 4.92. The molecule has 6 nitrogen and oxygen atoms in total. The molecule has 1 fully saturated rings. The summed E-state index contributed by atoms with van der Waals surface area (Å²) in [4.78, 5) is 21.6. The SMILES string of the molecule is O=C(Cc1ccc([N+](=O)[O-])cc1)NC1CNC1. The minimum Gasteiger partial charge on any atom is -0.351 e. The third-order valence-corrected chi connectivity index (χ3v) is 2.66. The highest BCUT2D eigenvalue weighted by Crippen LogP contribution is 2.12. The summed E-state index contributed by atoms with van der Waals surface area (Å²) in [6.07, 6.45) is 0.258. The second-order valence-electron chi connectivity index (χ2n) is 4.02. The molecule has 1 saturated heterocycles. The van der Waals surface area contributed by atoms with Gasteiger partial charge in [-0.2, -0.15) is 0 Å². The molecule has 2 rings (SSSR count).